The zero-order valence-electron chi connectivity index (χ0n) is 15.8. The summed E-state index contributed by atoms with van der Waals surface area (Å²) < 4.78 is 15.0. The molecule has 25 heavy (non-hydrogen) atoms. The van der Waals surface area contributed by atoms with Crippen LogP contribution >= 0.6 is 11.6 Å². The normalized spacial score (nSPS) is 11.5. The van der Waals surface area contributed by atoms with Gasteiger partial charge in [0.1, 0.15) is 11.6 Å². The van der Waals surface area contributed by atoms with Crippen LogP contribution in [0.3, 0.4) is 0 Å². The number of halogens is 1. The third kappa shape index (κ3) is 8.58. The molecule has 1 aromatic rings. The Balaban J connectivity index is 0.00000277. The zero-order chi connectivity index (χ0) is 19.6. The molecule has 142 valence electrons. The summed E-state index contributed by atoms with van der Waals surface area (Å²) in [6.45, 7) is 9.18. The molecule has 0 spiro atoms. The van der Waals surface area contributed by atoms with Gasteiger partial charge in [0.15, 0.2) is 0 Å². The molecule has 7 nitrogen and oxygen atoms in total. The molecular formula is C17H27ClN2O5. The van der Waals surface area contributed by atoms with E-state index in [2.05, 4.69) is 10.3 Å². The molecule has 0 saturated carbocycles. The highest BCUT2D eigenvalue weighted by atomic mass is 35.5. The zero-order valence-corrected chi connectivity index (χ0v) is 16.6. The molecule has 1 N–H and O–H groups in total. The highest BCUT2D eigenvalue weighted by Gasteiger charge is 2.26. The third-order valence-electron chi connectivity index (χ3n) is 2.69. The minimum Gasteiger partial charge on any atom is -0.481 e. The fourth-order valence-electron chi connectivity index (χ4n) is 1.80. The number of rotatable bonds is 5. The van der Waals surface area contributed by atoms with Gasteiger partial charge in [-0.1, -0.05) is 25.4 Å². The number of pyridine rings is 1. The number of carbonyl (C=O) groups is 2. The fourth-order valence-corrected chi connectivity index (χ4v) is 1.98. The number of carbonyl (C=O) groups excluding carboxylic acids is 2. The van der Waals surface area contributed by atoms with Crippen LogP contribution in [0.15, 0.2) is 12.3 Å². The van der Waals surface area contributed by atoms with Crippen molar-refractivity contribution in [1.29, 1.82) is 0 Å². The maximum atomic E-state index is 11.9. The number of ether oxygens (including phenoxy) is 3. The SMILES string of the molecule is CC.COC(=O)C(Cc1cc(Cl)cnc1OC)NC(=O)OC(C)(C)C. The molecule has 0 aliphatic heterocycles. The molecule has 1 atom stereocenters. The van der Waals surface area contributed by atoms with Gasteiger partial charge in [-0.3, -0.25) is 0 Å². The van der Waals surface area contributed by atoms with Crippen molar-refractivity contribution in [2.24, 2.45) is 0 Å². The molecule has 1 unspecified atom stereocenters. The van der Waals surface area contributed by atoms with Gasteiger partial charge >= 0.3 is 12.1 Å². The monoisotopic (exact) mass is 374 g/mol. The topological polar surface area (TPSA) is 86.8 Å². The molecule has 0 aliphatic carbocycles. The van der Waals surface area contributed by atoms with Gasteiger partial charge in [-0.15, -0.1) is 0 Å². The summed E-state index contributed by atoms with van der Waals surface area (Å²) in [4.78, 5) is 27.8. The molecule has 0 fully saturated rings. The van der Waals surface area contributed by atoms with E-state index in [1.54, 1.807) is 26.8 Å². The maximum Gasteiger partial charge on any atom is 0.408 e. The van der Waals surface area contributed by atoms with Gasteiger partial charge in [-0.25, -0.2) is 14.6 Å². The Bertz CT molecular complexity index is 573. The van der Waals surface area contributed by atoms with Crippen molar-refractivity contribution in [1.82, 2.24) is 10.3 Å². The van der Waals surface area contributed by atoms with Gasteiger partial charge in [0, 0.05) is 18.2 Å². The molecule has 1 amide bonds. The van der Waals surface area contributed by atoms with Crippen molar-refractivity contribution >= 4 is 23.7 Å². The van der Waals surface area contributed by atoms with Crippen LogP contribution in [-0.2, 0) is 20.7 Å². The van der Waals surface area contributed by atoms with Crippen LogP contribution < -0.4 is 10.1 Å². The third-order valence-corrected chi connectivity index (χ3v) is 2.89. The summed E-state index contributed by atoms with van der Waals surface area (Å²) in [7, 11) is 2.69. The van der Waals surface area contributed by atoms with E-state index in [0.717, 1.165) is 0 Å². The Morgan fingerprint density at radius 1 is 1.28 bits per heavy atom. The standard InChI is InChI=1S/C15H21ClN2O5.C2H6/c1-15(2,3)23-14(20)18-11(13(19)22-5)7-9-6-10(16)8-17-12(9)21-4;1-2/h6,8,11H,7H2,1-5H3,(H,18,20);1-2H3. The van der Waals surface area contributed by atoms with Crippen LogP contribution in [0.1, 0.15) is 40.2 Å². The highest BCUT2D eigenvalue weighted by Crippen LogP contribution is 2.21. The first-order valence-corrected chi connectivity index (χ1v) is 8.30. The number of methoxy groups -OCH3 is 2. The fraction of sp³-hybridized carbons (Fsp3) is 0.588. The van der Waals surface area contributed by atoms with Crippen molar-refractivity contribution in [2.45, 2.75) is 52.7 Å². The number of nitrogens with one attached hydrogen (secondary N) is 1. The largest absolute Gasteiger partial charge is 0.481 e. The van der Waals surface area contributed by atoms with Gasteiger partial charge in [-0.05, 0) is 26.8 Å². The second-order valence-corrected chi connectivity index (χ2v) is 6.18. The number of hydrogen-bond donors (Lipinski definition) is 1. The lowest BCUT2D eigenvalue weighted by Gasteiger charge is -2.23. The number of amides is 1. The molecule has 8 heteroatoms. The predicted octanol–water partition coefficient (Wildman–Crippen LogP) is 3.38. The van der Waals surface area contributed by atoms with Gasteiger partial charge in [0.2, 0.25) is 5.88 Å². The summed E-state index contributed by atoms with van der Waals surface area (Å²) in [5.41, 5.74) is -0.119. The first kappa shape index (κ1) is 23.0. The average molecular weight is 375 g/mol. The van der Waals surface area contributed by atoms with Crippen molar-refractivity contribution in [3.8, 4) is 5.88 Å². The summed E-state index contributed by atoms with van der Waals surface area (Å²) >= 11 is 5.92. The van der Waals surface area contributed by atoms with Crippen molar-refractivity contribution in [3.63, 3.8) is 0 Å². The molecule has 0 aromatic carbocycles. The van der Waals surface area contributed by atoms with Crippen LogP contribution in [0.4, 0.5) is 4.79 Å². The molecular weight excluding hydrogens is 348 g/mol. The van der Waals surface area contributed by atoms with Gasteiger partial charge < -0.3 is 19.5 Å². The molecule has 0 aliphatic rings. The van der Waals surface area contributed by atoms with Gasteiger partial charge in [0.05, 0.1) is 19.2 Å². The first-order chi connectivity index (χ1) is 11.7. The van der Waals surface area contributed by atoms with Gasteiger partial charge in [-0.2, -0.15) is 0 Å². The van der Waals surface area contributed by atoms with E-state index < -0.39 is 23.7 Å². The smallest absolute Gasteiger partial charge is 0.408 e. The molecule has 0 bridgehead atoms. The molecule has 0 saturated heterocycles. The first-order valence-electron chi connectivity index (χ1n) is 7.92. The second kappa shape index (κ2) is 10.8. The van der Waals surface area contributed by atoms with E-state index in [-0.39, 0.29) is 6.42 Å². The van der Waals surface area contributed by atoms with E-state index in [9.17, 15) is 9.59 Å². The number of nitrogens with zero attached hydrogens (tertiary/aromatic N) is 1. The number of hydrogen-bond acceptors (Lipinski definition) is 6. The second-order valence-electron chi connectivity index (χ2n) is 5.75. The minimum atomic E-state index is -0.955. The van der Waals surface area contributed by atoms with E-state index in [1.165, 1.54) is 20.4 Å². The quantitative estimate of drug-likeness (QED) is 0.795. The number of alkyl carbamates (subject to hydrolysis) is 1. The van der Waals surface area contributed by atoms with E-state index in [0.29, 0.717) is 16.5 Å². The van der Waals surface area contributed by atoms with Crippen molar-refractivity contribution < 1.29 is 23.8 Å². The summed E-state index contributed by atoms with van der Waals surface area (Å²) in [6, 6.07) is 0.657. The number of esters is 1. The molecule has 1 heterocycles. The van der Waals surface area contributed by atoms with E-state index in [1.807, 2.05) is 13.8 Å². The summed E-state index contributed by atoms with van der Waals surface area (Å²) in [6.07, 6.45) is 0.808. The van der Waals surface area contributed by atoms with Crippen molar-refractivity contribution in [3.05, 3.63) is 22.8 Å². The maximum absolute atomic E-state index is 11.9. The Hall–Kier alpha value is -2.02. The Labute approximate surface area is 154 Å². The van der Waals surface area contributed by atoms with Gasteiger partial charge in [0.25, 0.3) is 0 Å². The van der Waals surface area contributed by atoms with E-state index in [4.69, 9.17) is 25.8 Å². The Morgan fingerprint density at radius 3 is 2.36 bits per heavy atom. The highest BCUT2D eigenvalue weighted by molar-refractivity contribution is 6.30. The summed E-state index contributed by atoms with van der Waals surface area (Å²) in [5, 5.41) is 2.87. The van der Waals surface area contributed by atoms with Crippen LogP contribution in [0, 0.1) is 0 Å². The minimum absolute atomic E-state index is 0.0999. The van der Waals surface area contributed by atoms with Crippen LogP contribution in [0.5, 0.6) is 5.88 Å². The van der Waals surface area contributed by atoms with E-state index >= 15 is 0 Å². The Kier molecular flexibility index (Phi) is 9.89. The van der Waals surface area contributed by atoms with Crippen LogP contribution in [0.25, 0.3) is 0 Å². The molecule has 0 radical (unpaired) electrons. The number of aromatic nitrogens is 1. The lowest BCUT2D eigenvalue weighted by molar-refractivity contribution is -0.143. The summed E-state index contributed by atoms with van der Waals surface area (Å²) in [5.74, 6) is -0.299. The predicted molar refractivity (Wildman–Crippen MR) is 96.0 cm³/mol. The lowest BCUT2D eigenvalue weighted by Crippen LogP contribution is -2.45. The lowest BCUT2D eigenvalue weighted by atomic mass is 10.1. The molecule has 1 rings (SSSR count). The average Bonchev–Trinajstić information content (AvgIpc) is 2.54. The van der Waals surface area contributed by atoms with Crippen LogP contribution in [-0.4, -0.2) is 42.9 Å². The van der Waals surface area contributed by atoms with Crippen LogP contribution in [0.2, 0.25) is 5.02 Å². The Morgan fingerprint density at radius 2 is 1.88 bits per heavy atom. The van der Waals surface area contributed by atoms with Crippen molar-refractivity contribution in [2.75, 3.05) is 14.2 Å². The molecule has 1 aromatic heterocycles.